The molecule has 0 atom stereocenters. The first-order valence-corrected chi connectivity index (χ1v) is 6.80. The third kappa shape index (κ3) is 4.26. The molecule has 0 aliphatic carbocycles. The molecule has 0 aliphatic rings. The number of hydrogen-bond acceptors (Lipinski definition) is 2. The Kier molecular flexibility index (Phi) is 6.04. The fraction of sp³-hybridized carbons (Fsp3) is 0.353. The molecule has 0 aliphatic heterocycles. The van der Waals surface area contributed by atoms with E-state index in [2.05, 4.69) is 51.4 Å². The fourth-order valence-corrected chi connectivity index (χ4v) is 2.32. The third-order valence-electron chi connectivity index (χ3n) is 3.15. The summed E-state index contributed by atoms with van der Waals surface area (Å²) in [5.74, 6) is 0.0455. The molecule has 108 valence electrons. The van der Waals surface area contributed by atoms with E-state index in [1.165, 1.54) is 5.56 Å². The molecule has 0 heterocycles. The minimum absolute atomic E-state index is 0.0455. The standard InChI is InChI=1S/C17H24N2O/c1-6-8-19(9-7-2)16(20)12-18-17-14(4)10-13(3)11-15(17)5/h6-7,10-11,18H,1-2,8-9,12H2,3-5H3. The molecule has 0 fully saturated rings. The zero-order valence-corrected chi connectivity index (χ0v) is 12.7. The molecule has 0 saturated heterocycles. The van der Waals surface area contributed by atoms with E-state index in [9.17, 15) is 4.79 Å². The van der Waals surface area contributed by atoms with Crippen LogP contribution in [0.1, 0.15) is 16.7 Å². The summed E-state index contributed by atoms with van der Waals surface area (Å²) >= 11 is 0. The van der Waals surface area contributed by atoms with Gasteiger partial charge in [-0.1, -0.05) is 29.8 Å². The molecule has 0 spiro atoms. The molecule has 1 aromatic carbocycles. The molecule has 1 aromatic rings. The lowest BCUT2D eigenvalue weighted by Gasteiger charge is -2.21. The van der Waals surface area contributed by atoms with Gasteiger partial charge in [-0.15, -0.1) is 13.2 Å². The van der Waals surface area contributed by atoms with Crippen LogP contribution in [0.15, 0.2) is 37.4 Å². The lowest BCUT2D eigenvalue weighted by atomic mass is 10.1. The van der Waals surface area contributed by atoms with Crippen LogP contribution in [0.3, 0.4) is 0 Å². The van der Waals surface area contributed by atoms with Crippen LogP contribution in [-0.4, -0.2) is 30.4 Å². The zero-order chi connectivity index (χ0) is 15.1. The van der Waals surface area contributed by atoms with E-state index in [0.29, 0.717) is 13.1 Å². The Labute approximate surface area is 122 Å². The van der Waals surface area contributed by atoms with E-state index in [1.807, 2.05) is 0 Å². The van der Waals surface area contributed by atoms with Crippen LogP contribution in [0.4, 0.5) is 5.69 Å². The van der Waals surface area contributed by atoms with Crippen LogP contribution in [0.5, 0.6) is 0 Å². The van der Waals surface area contributed by atoms with Crippen molar-refractivity contribution in [2.24, 2.45) is 0 Å². The molecular formula is C17H24N2O. The van der Waals surface area contributed by atoms with E-state index < -0.39 is 0 Å². The second-order valence-corrected chi connectivity index (χ2v) is 5.00. The molecule has 1 amide bonds. The summed E-state index contributed by atoms with van der Waals surface area (Å²) in [4.78, 5) is 13.9. The number of anilines is 1. The molecular weight excluding hydrogens is 248 g/mol. The van der Waals surface area contributed by atoms with Gasteiger partial charge in [0.1, 0.15) is 0 Å². The van der Waals surface area contributed by atoms with E-state index in [0.717, 1.165) is 16.8 Å². The highest BCUT2D eigenvalue weighted by Crippen LogP contribution is 2.21. The number of nitrogens with zero attached hydrogens (tertiary/aromatic N) is 1. The van der Waals surface area contributed by atoms with Crippen LogP contribution < -0.4 is 5.32 Å². The average molecular weight is 272 g/mol. The van der Waals surface area contributed by atoms with Crippen molar-refractivity contribution in [2.45, 2.75) is 20.8 Å². The maximum Gasteiger partial charge on any atom is 0.242 e. The molecule has 1 N–H and O–H groups in total. The van der Waals surface area contributed by atoms with Crippen molar-refractivity contribution in [2.75, 3.05) is 25.0 Å². The first-order valence-electron chi connectivity index (χ1n) is 6.80. The zero-order valence-electron chi connectivity index (χ0n) is 12.7. The van der Waals surface area contributed by atoms with Crippen LogP contribution in [-0.2, 0) is 4.79 Å². The summed E-state index contributed by atoms with van der Waals surface area (Å²) in [7, 11) is 0. The van der Waals surface area contributed by atoms with Gasteiger partial charge in [0.2, 0.25) is 5.91 Å². The average Bonchev–Trinajstić information content (AvgIpc) is 2.37. The van der Waals surface area contributed by atoms with Gasteiger partial charge in [0, 0.05) is 18.8 Å². The number of nitrogens with one attached hydrogen (secondary N) is 1. The van der Waals surface area contributed by atoms with Crippen molar-refractivity contribution < 1.29 is 4.79 Å². The highest BCUT2D eigenvalue weighted by molar-refractivity contribution is 5.81. The van der Waals surface area contributed by atoms with Gasteiger partial charge >= 0.3 is 0 Å². The minimum atomic E-state index is 0.0455. The smallest absolute Gasteiger partial charge is 0.242 e. The monoisotopic (exact) mass is 272 g/mol. The van der Waals surface area contributed by atoms with Crippen molar-refractivity contribution in [3.63, 3.8) is 0 Å². The van der Waals surface area contributed by atoms with Crippen molar-refractivity contribution in [3.8, 4) is 0 Å². The SMILES string of the molecule is C=CCN(CC=C)C(=O)CNc1c(C)cc(C)cc1C. The second kappa shape index (κ2) is 7.53. The van der Waals surface area contributed by atoms with Crippen molar-refractivity contribution >= 4 is 11.6 Å². The summed E-state index contributed by atoms with van der Waals surface area (Å²) in [6.07, 6.45) is 3.45. The first kappa shape index (κ1) is 16.0. The van der Waals surface area contributed by atoms with Gasteiger partial charge in [0.25, 0.3) is 0 Å². The number of benzene rings is 1. The van der Waals surface area contributed by atoms with Gasteiger partial charge in [0.05, 0.1) is 6.54 Å². The maximum absolute atomic E-state index is 12.2. The second-order valence-electron chi connectivity index (χ2n) is 5.00. The van der Waals surface area contributed by atoms with Crippen LogP contribution in [0.2, 0.25) is 0 Å². The van der Waals surface area contributed by atoms with E-state index in [4.69, 9.17) is 0 Å². The van der Waals surface area contributed by atoms with Crippen LogP contribution in [0, 0.1) is 20.8 Å². The first-order chi connectivity index (χ1) is 9.49. The predicted molar refractivity (Wildman–Crippen MR) is 86.1 cm³/mol. The number of aryl methyl sites for hydroxylation is 3. The molecule has 0 radical (unpaired) electrons. The Morgan fingerprint density at radius 1 is 1.15 bits per heavy atom. The fourth-order valence-electron chi connectivity index (χ4n) is 2.32. The quantitative estimate of drug-likeness (QED) is 0.773. The van der Waals surface area contributed by atoms with E-state index >= 15 is 0 Å². The lowest BCUT2D eigenvalue weighted by molar-refractivity contribution is -0.128. The number of amides is 1. The normalized spacial score (nSPS) is 9.95. The van der Waals surface area contributed by atoms with Gasteiger partial charge in [-0.25, -0.2) is 0 Å². The Hall–Kier alpha value is -2.03. The lowest BCUT2D eigenvalue weighted by Crippen LogP contribution is -2.36. The molecule has 0 unspecified atom stereocenters. The summed E-state index contributed by atoms with van der Waals surface area (Å²) in [5.41, 5.74) is 4.60. The maximum atomic E-state index is 12.2. The Bertz CT molecular complexity index is 473. The van der Waals surface area contributed by atoms with E-state index in [-0.39, 0.29) is 12.5 Å². The highest BCUT2D eigenvalue weighted by Gasteiger charge is 2.11. The molecule has 1 rings (SSSR count). The number of carbonyl (C=O) groups is 1. The Balaban J connectivity index is 2.73. The molecule has 0 aromatic heterocycles. The third-order valence-corrected chi connectivity index (χ3v) is 3.15. The van der Waals surface area contributed by atoms with Gasteiger partial charge in [-0.3, -0.25) is 4.79 Å². The minimum Gasteiger partial charge on any atom is -0.376 e. The summed E-state index contributed by atoms with van der Waals surface area (Å²) in [5, 5.41) is 3.25. The molecule has 0 saturated carbocycles. The van der Waals surface area contributed by atoms with Crippen molar-refractivity contribution in [1.29, 1.82) is 0 Å². The van der Waals surface area contributed by atoms with Gasteiger partial charge in [0.15, 0.2) is 0 Å². The number of hydrogen-bond donors (Lipinski definition) is 1. The van der Waals surface area contributed by atoms with Gasteiger partial charge < -0.3 is 10.2 Å². The molecule has 3 heteroatoms. The molecule has 3 nitrogen and oxygen atoms in total. The van der Waals surface area contributed by atoms with E-state index in [1.54, 1.807) is 17.1 Å². The van der Waals surface area contributed by atoms with Crippen molar-refractivity contribution in [3.05, 3.63) is 54.1 Å². The Morgan fingerprint density at radius 2 is 1.65 bits per heavy atom. The molecule has 20 heavy (non-hydrogen) atoms. The van der Waals surface area contributed by atoms with Gasteiger partial charge in [-0.2, -0.15) is 0 Å². The summed E-state index contributed by atoms with van der Waals surface area (Å²) in [6, 6.07) is 4.23. The topological polar surface area (TPSA) is 32.3 Å². The summed E-state index contributed by atoms with van der Waals surface area (Å²) < 4.78 is 0. The predicted octanol–water partition coefficient (Wildman–Crippen LogP) is 3.22. The van der Waals surface area contributed by atoms with Crippen LogP contribution >= 0.6 is 0 Å². The molecule has 0 bridgehead atoms. The Morgan fingerprint density at radius 3 is 2.10 bits per heavy atom. The highest BCUT2D eigenvalue weighted by atomic mass is 16.2. The summed E-state index contributed by atoms with van der Waals surface area (Å²) in [6.45, 7) is 14.9. The number of rotatable bonds is 7. The number of carbonyl (C=O) groups excluding carboxylic acids is 1. The van der Waals surface area contributed by atoms with Gasteiger partial charge in [-0.05, 0) is 31.9 Å². The largest absolute Gasteiger partial charge is 0.376 e. The van der Waals surface area contributed by atoms with Crippen LogP contribution in [0.25, 0.3) is 0 Å². The van der Waals surface area contributed by atoms with Crippen molar-refractivity contribution in [1.82, 2.24) is 4.90 Å².